The zero-order valence-electron chi connectivity index (χ0n) is 34.0. The number of carbonyl (C=O) groups is 3. The Bertz CT molecular complexity index is 558. The zero-order valence-corrected chi connectivity index (χ0v) is 41.9. The summed E-state index contributed by atoms with van der Waals surface area (Å²) in [5.41, 5.74) is 0. The Morgan fingerprint density at radius 1 is 0.756 bits per heavy atom. The third kappa shape index (κ3) is 55.2. The van der Waals surface area contributed by atoms with E-state index < -0.39 is 5.97 Å². The van der Waals surface area contributed by atoms with Gasteiger partial charge in [-0.15, -0.1) is 52.5 Å². The van der Waals surface area contributed by atoms with Gasteiger partial charge in [-0.1, -0.05) is 48.5 Å². The van der Waals surface area contributed by atoms with Crippen LogP contribution in [0.1, 0.15) is 86.1 Å². The number of hydrogen-bond acceptors (Lipinski definition) is 5. The fourth-order valence-electron chi connectivity index (χ4n) is 3.29. The number of carboxylic acid groups (broad SMARTS) is 1. The summed E-state index contributed by atoms with van der Waals surface area (Å²) in [5.74, 6) is -0.476. The van der Waals surface area contributed by atoms with Gasteiger partial charge in [-0.2, -0.15) is 0 Å². The third-order valence-corrected chi connectivity index (χ3v) is 4.90. The number of piperazine rings is 3. The van der Waals surface area contributed by atoms with Crippen molar-refractivity contribution in [2.45, 2.75) is 101 Å². The van der Waals surface area contributed by atoms with Gasteiger partial charge in [0.1, 0.15) is 0 Å². The third-order valence-electron chi connectivity index (χ3n) is 4.90. The first kappa shape index (κ1) is 64.9. The molecule has 3 aliphatic rings. The maximum atomic E-state index is 10.9. The largest absolute Gasteiger partial charge is 1.00 e. The summed E-state index contributed by atoms with van der Waals surface area (Å²) in [6.45, 7) is 42.8. The van der Waals surface area contributed by atoms with Crippen molar-refractivity contribution in [3.05, 3.63) is 36.9 Å². The molecule has 0 aromatic heterocycles. The van der Waals surface area contributed by atoms with Crippen LogP contribution in [0.25, 0.3) is 10.6 Å². The Labute approximate surface area is 383 Å². The topological polar surface area (TPSA) is 130 Å². The predicted molar refractivity (Wildman–Crippen MR) is 194 cm³/mol. The molecule has 0 spiro atoms. The van der Waals surface area contributed by atoms with Crippen molar-refractivity contribution in [1.82, 2.24) is 20.4 Å². The van der Waals surface area contributed by atoms with Gasteiger partial charge in [0.2, 0.25) is 11.8 Å². The van der Waals surface area contributed by atoms with E-state index >= 15 is 0 Å². The second kappa shape index (κ2) is 60.8. The van der Waals surface area contributed by atoms with Crippen LogP contribution in [0.3, 0.4) is 0 Å². The molecule has 256 valence electrons. The van der Waals surface area contributed by atoms with Gasteiger partial charge in [-0.3, -0.25) is 14.4 Å². The van der Waals surface area contributed by atoms with Crippen molar-refractivity contribution in [3.63, 3.8) is 0 Å². The average molecular weight is 786 g/mol. The fourth-order valence-corrected chi connectivity index (χ4v) is 3.29. The SMILES string of the molecule is C=C.C=C.CC.CC.CC.CC(=O)N1CCNC[C@H]1C.CC(=O)N1CC[N-]C[C@H]1C.CC(=O)O.C[C@@H]1C[N-]CCN1.[2H][2H].[B][B].[Rb+].[Rb+]. The smallest absolute Gasteiger partial charge is 0.660 e. The monoisotopic (exact) mass is 784 g/mol. The van der Waals surface area contributed by atoms with Crippen LogP contribution >= 0.6 is 0 Å². The van der Waals surface area contributed by atoms with Crippen molar-refractivity contribution in [3.8, 4) is 0 Å². The Balaban J connectivity index is -0.0000000435. The number of rotatable bonds is 0. The summed E-state index contributed by atoms with van der Waals surface area (Å²) >= 11 is 0. The van der Waals surface area contributed by atoms with E-state index in [0.29, 0.717) is 18.1 Å². The molecular weight excluding hydrogens is 713 g/mol. The summed E-state index contributed by atoms with van der Waals surface area (Å²) in [7, 11) is 8.00. The summed E-state index contributed by atoms with van der Waals surface area (Å²) in [5, 5.41) is 22.3. The minimum Gasteiger partial charge on any atom is -0.660 e. The summed E-state index contributed by atoms with van der Waals surface area (Å²) in [6, 6.07) is 1.30. The molecule has 3 N–H and O–H groups in total. The first-order valence-corrected chi connectivity index (χ1v) is 15.3. The van der Waals surface area contributed by atoms with Gasteiger partial charge >= 0.3 is 116 Å². The van der Waals surface area contributed by atoms with E-state index in [1.165, 1.54) is 0 Å². The molecule has 14 heteroatoms. The Morgan fingerprint density at radius 2 is 1.13 bits per heavy atom. The van der Waals surface area contributed by atoms with Crippen LogP contribution in [0.4, 0.5) is 0 Å². The molecule has 3 aliphatic heterocycles. The normalized spacial score (nSPS) is 18.4. The standard InChI is InChI=1S/C7H14N2O.C7H13N2O.C5H11N2.C2H4O2.3C2H6.2C2H4.B2.2Rb.H2/c2*1-6-5-8-3-4-9(6)7(2)10;1-5-4-6-2-3-7-5;1-2(3)4;6*1-2;;;/h6,8H,3-5H2,1-2H3;6H,3-5H2,1-2H3;5,7H,2-4H2,1H3;1H3,(H,3,4);3*1-2H3;2*1-2H2;;;;1H/q;2*-1;;;;;;;;2*+1;/t2*6-;5-;;;;;;;;;;/m111........../s1/i;;;;;;;;;;;;1+1D. The number of nitrogens with zero attached hydrogens (tertiary/aromatic N) is 4. The van der Waals surface area contributed by atoms with Crippen molar-refractivity contribution >= 4 is 33.3 Å². The second-order valence-corrected chi connectivity index (χ2v) is 7.96. The number of aliphatic carboxylic acids is 1. The van der Waals surface area contributed by atoms with Gasteiger partial charge in [0.15, 0.2) is 0 Å². The van der Waals surface area contributed by atoms with Gasteiger partial charge in [-0.05, 0) is 26.4 Å². The number of carboxylic acids is 1. The van der Waals surface area contributed by atoms with Gasteiger partial charge < -0.3 is 36.2 Å². The molecule has 3 rings (SSSR count). The summed E-state index contributed by atoms with van der Waals surface area (Å²) < 4.78 is 10.0. The first-order chi connectivity index (χ1) is 21.6. The minimum atomic E-state index is -0.833. The van der Waals surface area contributed by atoms with E-state index in [9.17, 15) is 9.59 Å². The van der Waals surface area contributed by atoms with E-state index in [1.54, 1.807) is 13.8 Å². The minimum absolute atomic E-state index is 0. The fraction of sp³-hybridized carbons (Fsp3) is 0.774. The molecule has 3 fully saturated rings. The van der Waals surface area contributed by atoms with E-state index in [0.717, 1.165) is 65.8 Å². The van der Waals surface area contributed by atoms with E-state index in [-0.39, 0.29) is 128 Å². The average Bonchev–Trinajstić information content (AvgIpc) is 3.08. The Hall–Kier alpha value is 1.47. The molecule has 0 unspecified atom stereocenters. The van der Waals surface area contributed by atoms with Crippen LogP contribution in [0.2, 0.25) is 0 Å². The first-order valence-electron chi connectivity index (χ1n) is 16.3. The number of amides is 2. The van der Waals surface area contributed by atoms with E-state index in [4.69, 9.17) is 12.9 Å². The van der Waals surface area contributed by atoms with E-state index in [1.807, 2.05) is 58.3 Å². The number of hydrogen-bond donors (Lipinski definition) is 3. The Morgan fingerprint density at radius 3 is 1.36 bits per heavy atom. The molecule has 0 aliphatic carbocycles. The molecule has 0 aromatic rings. The number of carbonyl (C=O) groups excluding carboxylic acids is 2. The molecule has 0 bridgehead atoms. The van der Waals surface area contributed by atoms with Crippen molar-refractivity contribution in [1.29, 1.82) is 0 Å². The number of nitrogens with one attached hydrogen (secondary N) is 2. The van der Waals surface area contributed by atoms with Crippen LogP contribution < -0.4 is 127 Å². The van der Waals surface area contributed by atoms with Gasteiger partial charge in [0.25, 0.3) is 5.97 Å². The molecule has 0 saturated carbocycles. The maximum absolute atomic E-state index is 10.9. The zero-order chi connectivity index (χ0) is 37.8. The van der Waals surface area contributed by atoms with Crippen LogP contribution in [0.15, 0.2) is 26.3 Å². The second-order valence-electron chi connectivity index (χ2n) is 7.96. The molecule has 3 atom stereocenters. The Kier molecular flexibility index (Phi) is 87.7. The molecule has 3 saturated heterocycles. The van der Waals surface area contributed by atoms with Crippen LogP contribution in [-0.4, -0.2) is 125 Å². The molecule has 45 heavy (non-hydrogen) atoms. The quantitative estimate of drug-likeness (QED) is 0.215. The molecule has 3 heterocycles. The predicted octanol–water partition coefficient (Wildman–Crippen LogP) is -0.945. The van der Waals surface area contributed by atoms with Gasteiger partial charge in [0.05, 0.1) is 0 Å². The van der Waals surface area contributed by atoms with Crippen molar-refractivity contribution in [2.75, 3.05) is 58.9 Å². The van der Waals surface area contributed by atoms with Gasteiger partial charge in [-0.25, -0.2) is 0 Å². The van der Waals surface area contributed by atoms with Crippen LogP contribution in [0.5, 0.6) is 0 Å². The van der Waals surface area contributed by atoms with Crippen LogP contribution in [0, 0.1) is 0 Å². The molecule has 4 radical (unpaired) electrons. The molecular formula is C31H70B2N6O4Rb2. The molecule has 0 aromatic carbocycles. The van der Waals surface area contributed by atoms with E-state index in [2.05, 4.69) is 76.9 Å². The summed E-state index contributed by atoms with van der Waals surface area (Å²) in [4.78, 5) is 34.6. The molecule has 10 nitrogen and oxygen atoms in total. The summed E-state index contributed by atoms with van der Waals surface area (Å²) in [6.07, 6.45) is 0. The van der Waals surface area contributed by atoms with Gasteiger partial charge in [0, 0.05) is 77.5 Å². The van der Waals surface area contributed by atoms with Crippen LogP contribution in [-0.2, 0) is 14.4 Å². The maximum Gasteiger partial charge on any atom is 1.00 e. The molecule has 2 amide bonds. The van der Waals surface area contributed by atoms with Crippen molar-refractivity contribution < 1.29 is 139 Å². The van der Waals surface area contributed by atoms with Crippen molar-refractivity contribution in [2.24, 2.45) is 0 Å².